The highest BCUT2D eigenvalue weighted by atomic mass is 79.9. The van der Waals surface area contributed by atoms with Gasteiger partial charge >= 0.3 is 5.97 Å². The van der Waals surface area contributed by atoms with Crippen LogP contribution in [0, 0.1) is 0 Å². The number of rotatable bonds is 3. The first kappa shape index (κ1) is 17.9. The van der Waals surface area contributed by atoms with Gasteiger partial charge in [-0.1, -0.05) is 0 Å². The fraction of sp³-hybridized carbons (Fsp3) is 0.684. The molecule has 5 heteroatoms. The van der Waals surface area contributed by atoms with Crippen molar-refractivity contribution >= 4 is 21.9 Å². The van der Waals surface area contributed by atoms with E-state index in [0.29, 0.717) is 6.42 Å². The second-order valence-electron chi connectivity index (χ2n) is 8.12. The number of pyridine rings is 1. The molecule has 1 aromatic rings. The number of nitrogens with zero attached hydrogens (tertiary/aromatic N) is 2. The van der Waals surface area contributed by atoms with E-state index in [1.807, 2.05) is 27.0 Å². The van der Waals surface area contributed by atoms with Crippen LogP contribution in [0.5, 0.6) is 0 Å². The molecule has 1 aliphatic heterocycles. The standard InChI is InChI=1S/C19H27BrN2O2/c1-18(2,3)24-16(23)5-9-22-10-7-19(8-11-22)6-4-14-12-15(20)13-21-17(14)19/h12-13H,4-11H2,1-3H3. The van der Waals surface area contributed by atoms with E-state index in [2.05, 4.69) is 26.9 Å². The van der Waals surface area contributed by atoms with Crippen LogP contribution in [0.2, 0.25) is 0 Å². The van der Waals surface area contributed by atoms with Gasteiger partial charge in [-0.3, -0.25) is 9.78 Å². The molecular weight excluding hydrogens is 368 g/mol. The monoisotopic (exact) mass is 394 g/mol. The maximum atomic E-state index is 11.9. The Morgan fingerprint density at radius 1 is 1.33 bits per heavy atom. The molecule has 1 fully saturated rings. The average molecular weight is 395 g/mol. The Morgan fingerprint density at radius 3 is 2.71 bits per heavy atom. The summed E-state index contributed by atoms with van der Waals surface area (Å²) in [5.74, 6) is -0.0967. The van der Waals surface area contributed by atoms with E-state index < -0.39 is 5.60 Å². The van der Waals surface area contributed by atoms with Gasteiger partial charge in [0.25, 0.3) is 0 Å². The van der Waals surface area contributed by atoms with Crippen LogP contribution in [-0.2, 0) is 21.4 Å². The number of fused-ring (bicyclic) bond motifs is 2. The van der Waals surface area contributed by atoms with E-state index in [9.17, 15) is 4.79 Å². The molecule has 0 saturated carbocycles. The first-order valence-corrected chi connectivity index (χ1v) is 9.66. The number of piperidine rings is 1. The molecule has 132 valence electrons. The summed E-state index contributed by atoms with van der Waals surface area (Å²) in [6.07, 6.45) is 7.05. The zero-order chi connectivity index (χ0) is 17.4. The van der Waals surface area contributed by atoms with E-state index in [1.54, 1.807) is 0 Å². The predicted molar refractivity (Wildman–Crippen MR) is 98.1 cm³/mol. The molecule has 0 amide bonds. The summed E-state index contributed by atoms with van der Waals surface area (Å²) in [5.41, 5.74) is 2.60. The van der Waals surface area contributed by atoms with Crippen LogP contribution in [0.4, 0.5) is 0 Å². The van der Waals surface area contributed by atoms with Crippen molar-refractivity contribution in [2.45, 2.75) is 63.9 Å². The van der Waals surface area contributed by atoms with Crippen molar-refractivity contribution in [3.63, 3.8) is 0 Å². The van der Waals surface area contributed by atoms with Gasteiger partial charge in [-0.15, -0.1) is 0 Å². The lowest BCUT2D eigenvalue weighted by Crippen LogP contribution is -2.42. The summed E-state index contributed by atoms with van der Waals surface area (Å²) in [5, 5.41) is 0. The van der Waals surface area contributed by atoms with Crippen LogP contribution < -0.4 is 0 Å². The Morgan fingerprint density at radius 2 is 2.04 bits per heavy atom. The molecule has 0 radical (unpaired) electrons. The van der Waals surface area contributed by atoms with Crippen LogP contribution in [0.15, 0.2) is 16.7 Å². The fourth-order valence-corrected chi connectivity index (χ4v) is 4.35. The lowest BCUT2D eigenvalue weighted by atomic mass is 9.76. The number of likely N-dealkylation sites (tertiary alicyclic amines) is 1. The Bertz CT molecular complexity index is 616. The van der Waals surface area contributed by atoms with E-state index in [4.69, 9.17) is 9.72 Å². The Kier molecular flexibility index (Phi) is 5.03. The molecule has 2 heterocycles. The molecule has 0 aromatic carbocycles. The largest absolute Gasteiger partial charge is 0.460 e. The second kappa shape index (κ2) is 6.75. The first-order valence-electron chi connectivity index (χ1n) is 8.87. The summed E-state index contributed by atoms with van der Waals surface area (Å²) in [4.78, 5) is 19.0. The highest BCUT2D eigenvalue weighted by Gasteiger charge is 2.42. The number of hydrogen-bond acceptors (Lipinski definition) is 4. The predicted octanol–water partition coefficient (Wildman–Crippen LogP) is 3.86. The van der Waals surface area contributed by atoms with Crippen molar-refractivity contribution in [2.24, 2.45) is 0 Å². The Hall–Kier alpha value is -0.940. The minimum Gasteiger partial charge on any atom is -0.460 e. The maximum Gasteiger partial charge on any atom is 0.307 e. The quantitative estimate of drug-likeness (QED) is 0.729. The van der Waals surface area contributed by atoms with Gasteiger partial charge in [-0.25, -0.2) is 0 Å². The van der Waals surface area contributed by atoms with Crippen LogP contribution >= 0.6 is 15.9 Å². The first-order chi connectivity index (χ1) is 11.3. The molecule has 4 nitrogen and oxygen atoms in total. The van der Waals surface area contributed by atoms with Gasteiger partial charge in [0, 0.05) is 28.3 Å². The smallest absolute Gasteiger partial charge is 0.307 e. The third-order valence-corrected chi connectivity index (χ3v) is 5.61. The van der Waals surface area contributed by atoms with Crippen molar-refractivity contribution in [2.75, 3.05) is 19.6 Å². The lowest BCUT2D eigenvalue weighted by Gasteiger charge is -2.39. The summed E-state index contributed by atoms with van der Waals surface area (Å²) in [6.45, 7) is 8.63. The number of aryl methyl sites for hydroxylation is 1. The number of carbonyl (C=O) groups excluding carboxylic acids is 1. The summed E-state index contributed by atoms with van der Waals surface area (Å²) < 4.78 is 6.48. The molecule has 1 aromatic heterocycles. The van der Waals surface area contributed by atoms with Crippen molar-refractivity contribution < 1.29 is 9.53 Å². The summed E-state index contributed by atoms with van der Waals surface area (Å²) in [7, 11) is 0. The lowest BCUT2D eigenvalue weighted by molar-refractivity contribution is -0.155. The van der Waals surface area contributed by atoms with Crippen LogP contribution in [0.3, 0.4) is 0 Å². The molecular formula is C19H27BrN2O2. The molecule has 2 aliphatic rings. The van der Waals surface area contributed by atoms with Gasteiger partial charge in [0.1, 0.15) is 5.60 Å². The van der Waals surface area contributed by atoms with Crippen LogP contribution in [0.1, 0.15) is 57.7 Å². The number of ether oxygens (including phenoxy) is 1. The Labute approximate surface area is 153 Å². The maximum absolute atomic E-state index is 11.9. The zero-order valence-electron chi connectivity index (χ0n) is 14.9. The van der Waals surface area contributed by atoms with E-state index in [0.717, 1.165) is 43.4 Å². The minimum atomic E-state index is -0.392. The SMILES string of the molecule is CC(C)(C)OC(=O)CCN1CCC2(CCc3cc(Br)cnc32)CC1. The minimum absolute atomic E-state index is 0.0967. The third-order valence-electron chi connectivity index (χ3n) is 5.17. The molecule has 0 bridgehead atoms. The number of hydrogen-bond donors (Lipinski definition) is 0. The highest BCUT2D eigenvalue weighted by molar-refractivity contribution is 9.10. The van der Waals surface area contributed by atoms with Gasteiger partial charge in [0.05, 0.1) is 6.42 Å². The van der Waals surface area contributed by atoms with E-state index in [-0.39, 0.29) is 11.4 Å². The molecule has 3 rings (SSSR count). The Balaban J connectivity index is 1.53. The number of esters is 1. The molecule has 1 aliphatic carbocycles. The van der Waals surface area contributed by atoms with Gasteiger partial charge in [-0.05, 0) is 87.1 Å². The fourth-order valence-electron chi connectivity index (χ4n) is 3.98. The molecule has 1 spiro atoms. The molecule has 1 saturated heterocycles. The van der Waals surface area contributed by atoms with Gasteiger partial charge < -0.3 is 9.64 Å². The summed E-state index contributed by atoms with van der Waals surface area (Å²) in [6, 6.07) is 2.23. The number of aromatic nitrogens is 1. The van der Waals surface area contributed by atoms with Crippen molar-refractivity contribution in [1.29, 1.82) is 0 Å². The van der Waals surface area contributed by atoms with Crippen molar-refractivity contribution in [1.82, 2.24) is 9.88 Å². The average Bonchev–Trinajstić information content (AvgIpc) is 2.83. The van der Waals surface area contributed by atoms with Gasteiger partial charge in [0.2, 0.25) is 0 Å². The topological polar surface area (TPSA) is 42.4 Å². The molecule has 24 heavy (non-hydrogen) atoms. The van der Waals surface area contributed by atoms with Crippen molar-refractivity contribution in [3.05, 3.63) is 28.0 Å². The normalized spacial score (nSPS) is 20.2. The zero-order valence-corrected chi connectivity index (χ0v) is 16.5. The van der Waals surface area contributed by atoms with E-state index >= 15 is 0 Å². The van der Waals surface area contributed by atoms with Crippen LogP contribution in [-0.4, -0.2) is 41.1 Å². The second-order valence-corrected chi connectivity index (χ2v) is 9.04. The highest BCUT2D eigenvalue weighted by Crippen LogP contribution is 2.45. The molecule has 0 N–H and O–H groups in total. The van der Waals surface area contributed by atoms with Crippen molar-refractivity contribution in [3.8, 4) is 0 Å². The van der Waals surface area contributed by atoms with E-state index in [1.165, 1.54) is 17.7 Å². The number of carbonyl (C=O) groups is 1. The molecule has 0 unspecified atom stereocenters. The molecule has 0 atom stereocenters. The number of halogens is 1. The third kappa shape index (κ3) is 3.99. The van der Waals surface area contributed by atoms with Gasteiger partial charge in [0.15, 0.2) is 0 Å². The van der Waals surface area contributed by atoms with Gasteiger partial charge in [-0.2, -0.15) is 0 Å². The summed E-state index contributed by atoms with van der Waals surface area (Å²) >= 11 is 3.53. The van der Waals surface area contributed by atoms with Crippen LogP contribution in [0.25, 0.3) is 0 Å².